The third-order valence-corrected chi connectivity index (χ3v) is 12.9. The molecular weight excluding hydrogens is 831 g/mol. The first-order valence-electron chi connectivity index (χ1n) is 22.7. The molecule has 1 saturated carbocycles. The monoisotopic (exact) mass is 887 g/mol. The van der Waals surface area contributed by atoms with Crippen molar-refractivity contribution in [3.8, 4) is 28.7 Å². The van der Waals surface area contributed by atoms with Gasteiger partial charge in [0.25, 0.3) is 11.6 Å². The second-order valence-corrected chi connectivity index (χ2v) is 17.0. The number of fused-ring (bicyclic) bond motifs is 3. The quantitative estimate of drug-likeness (QED) is 0.0353. The van der Waals surface area contributed by atoms with Crippen molar-refractivity contribution in [2.24, 2.45) is 22.9 Å². The van der Waals surface area contributed by atoms with Crippen LogP contribution in [0.15, 0.2) is 120 Å². The van der Waals surface area contributed by atoms with Gasteiger partial charge in [0.15, 0.2) is 11.5 Å². The summed E-state index contributed by atoms with van der Waals surface area (Å²) in [4.78, 5) is 34.5. The molecule has 0 spiro atoms. The number of hydrogen-bond donors (Lipinski definition) is 2. The van der Waals surface area contributed by atoms with E-state index in [4.69, 9.17) is 33.7 Å². The summed E-state index contributed by atoms with van der Waals surface area (Å²) in [5.74, 6) is -0.170. The molecule has 65 heavy (non-hydrogen) atoms. The number of aliphatic hydroxyl groups excluding tert-OH is 2. The Morgan fingerprint density at radius 3 is 2.48 bits per heavy atom. The number of non-ortho nitro benzene ring substituents is 1. The Morgan fingerprint density at radius 2 is 1.71 bits per heavy atom. The van der Waals surface area contributed by atoms with E-state index in [-0.39, 0.29) is 69.0 Å². The lowest BCUT2D eigenvalue weighted by molar-refractivity contribution is -0.384. The smallest absolute Gasteiger partial charge is 0.273 e. The lowest BCUT2D eigenvalue weighted by Gasteiger charge is -2.60. The van der Waals surface area contributed by atoms with Crippen molar-refractivity contribution in [2.45, 2.75) is 82.6 Å². The summed E-state index contributed by atoms with van der Waals surface area (Å²) in [5, 5.41) is 36.6. The molecule has 2 heterocycles. The average molecular weight is 888 g/mol. The predicted molar refractivity (Wildman–Crippen MR) is 243 cm³/mol. The van der Waals surface area contributed by atoms with Crippen LogP contribution in [-0.2, 0) is 16.2 Å². The van der Waals surface area contributed by atoms with E-state index in [1.165, 1.54) is 12.1 Å². The van der Waals surface area contributed by atoms with Crippen LogP contribution in [0.3, 0.4) is 0 Å². The molecule has 2 aliphatic carbocycles. The van der Waals surface area contributed by atoms with E-state index in [1.54, 1.807) is 42.5 Å². The first-order chi connectivity index (χ1) is 31.8. The molecule has 14 nitrogen and oxygen atoms in total. The Morgan fingerprint density at radius 1 is 0.938 bits per heavy atom. The molecule has 4 aromatic rings. The highest BCUT2D eigenvalue weighted by Crippen LogP contribution is 2.62. The van der Waals surface area contributed by atoms with Crippen LogP contribution in [0.5, 0.6) is 28.7 Å². The van der Waals surface area contributed by atoms with Gasteiger partial charge in [0, 0.05) is 49.3 Å². The van der Waals surface area contributed by atoms with Gasteiger partial charge >= 0.3 is 0 Å². The molecule has 0 aromatic heterocycles. The van der Waals surface area contributed by atoms with Crippen molar-refractivity contribution in [3.05, 3.63) is 142 Å². The van der Waals surface area contributed by atoms with E-state index >= 15 is 4.79 Å². The van der Waals surface area contributed by atoms with Crippen LogP contribution in [0.1, 0.15) is 85.7 Å². The van der Waals surface area contributed by atoms with Crippen LogP contribution in [0.2, 0.25) is 0 Å². The maximum absolute atomic E-state index is 15.2. The van der Waals surface area contributed by atoms with Gasteiger partial charge in [-0.1, -0.05) is 73.5 Å². The average Bonchev–Trinajstić information content (AvgIpc) is 3.80. The van der Waals surface area contributed by atoms with Gasteiger partial charge in [-0.15, -0.1) is 6.58 Å². The van der Waals surface area contributed by atoms with Crippen molar-refractivity contribution < 1.29 is 48.5 Å². The highest BCUT2D eigenvalue weighted by atomic mass is 16.7. The number of nitrogens with zero attached hydrogens (tertiary/aromatic N) is 3. The standard InChI is InChI=1S/C51H57N3O11/c1-3-23-53(50(57)36-19-21-45-46(28-36)61-33-60-45)47-31-43(52-63-32-34-13-6-5-7-14-34)41-27-35(15-8-10-24-55)40(18-9-11-25-56)48-42-30-39(64-38-17-12-16-37(29-38)54(58)59)20-22-44(42)65-51(47,49(41)48)62-26-4-2/h4-7,12-14,16-17,19-22,27-30,35,40,47-49,55-56H,2-3,8-11,15,18,23-26,31-33H2,1H3/t35-,40+,47-,48+,49+,51+/m0/s1. The van der Waals surface area contributed by atoms with Crippen molar-refractivity contribution in [3.63, 3.8) is 0 Å². The van der Waals surface area contributed by atoms with Gasteiger partial charge in [0.05, 0.1) is 29.2 Å². The molecule has 1 amide bonds. The number of carbonyl (C=O) groups excluding carboxylic acids is 1. The van der Waals surface area contributed by atoms with E-state index in [2.05, 4.69) is 12.7 Å². The number of nitro groups is 1. The zero-order chi connectivity index (χ0) is 45.3. The van der Waals surface area contributed by atoms with Crippen molar-refractivity contribution in [2.75, 3.05) is 33.2 Å². The number of ether oxygens (including phenoxy) is 5. The normalized spacial score (nSPS) is 23.1. The minimum Gasteiger partial charge on any atom is -0.459 e. The fraction of sp³-hybridized carbons (Fsp3) is 0.412. The summed E-state index contributed by atoms with van der Waals surface area (Å²) >= 11 is 0. The maximum atomic E-state index is 15.2. The van der Waals surface area contributed by atoms with Gasteiger partial charge in [-0.05, 0) is 97.5 Å². The largest absolute Gasteiger partial charge is 0.459 e. The lowest BCUT2D eigenvalue weighted by atomic mass is 9.55. The minimum atomic E-state index is -1.47. The number of amides is 1. The Labute approximate surface area is 379 Å². The van der Waals surface area contributed by atoms with Crippen LogP contribution < -0.4 is 18.9 Å². The fourth-order valence-electron chi connectivity index (χ4n) is 10.1. The van der Waals surface area contributed by atoms with Crippen LogP contribution in [0, 0.1) is 27.9 Å². The minimum absolute atomic E-state index is 0.0128. The van der Waals surface area contributed by atoms with Gasteiger partial charge in [0.2, 0.25) is 12.6 Å². The van der Waals surface area contributed by atoms with Crippen LogP contribution in [0.25, 0.3) is 0 Å². The van der Waals surface area contributed by atoms with E-state index in [0.29, 0.717) is 65.8 Å². The van der Waals surface area contributed by atoms with Gasteiger partial charge < -0.3 is 43.6 Å². The molecule has 14 heteroatoms. The summed E-state index contributed by atoms with van der Waals surface area (Å²) in [7, 11) is 0. The van der Waals surface area contributed by atoms with E-state index in [9.17, 15) is 20.3 Å². The number of allylic oxidation sites excluding steroid dienone is 1. The summed E-state index contributed by atoms with van der Waals surface area (Å²) in [6.07, 6.45) is 9.17. The van der Waals surface area contributed by atoms with E-state index < -0.39 is 22.7 Å². The molecule has 4 aliphatic rings. The number of aliphatic hydroxyl groups is 2. The fourth-order valence-corrected chi connectivity index (χ4v) is 10.1. The third kappa shape index (κ3) is 9.61. The predicted octanol–water partition coefficient (Wildman–Crippen LogP) is 9.50. The first kappa shape index (κ1) is 45.4. The number of nitro benzene ring substituents is 1. The molecule has 0 radical (unpaired) electrons. The number of oxime groups is 1. The molecule has 1 fully saturated rings. The molecule has 4 aromatic carbocycles. The highest BCUT2D eigenvalue weighted by molar-refractivity contribution is 6.03. The number of rotatable bonds is 21. The maximum Gasteiger partial charge on any atom is 0.273 e. The third-order valence-electron chi connectivity index (χ3n) is 12.9. The van der Waals surface area contributed by atoms with E-state index in [0.717, 1.165) is 42.4 Å². The Balaban J connectivity index is 1.32. The molecule has 2 aliphatic heterocycles. The second kappa shape index (κ2) is 20.7. The molecule has 0 bridgehead atoms. The van der Waals surface area contributed by atoms with Gasteiger partial charge in [0.1, 0.15) is 29.9 Å². The van der Waals surface area contributed by atoms with Crippen LogP contribution >= 0.6 is 0 Å². The number of hydrogen-bond acceptors (Lipinski definition) is 12. The highest BCUT2D eigenvalue weighted by Gasteiger charge is 2.65. The molecule has 6 atom stereocenters. The number of carbonyl (C=O) groups is 1. The van der Waals surface area contributed by atoms with Gasteiger partial charge in [-0.3, -0.25) is 14.9 Å². The molecule has 0 saturated heterocycles. The van der Waals surface area contributed by atoms with Crippen molar-refractivity contribution >= 4 is 17.3 Å². The lowest BCUT2D eigenvalue weighted by Crippen LogP contribution is -2.70. The Hall–Kier alpha value is -6.22. The topological polar surface area (TPSA) is 172 Å². The van der Waals surface area contributed by atoms with Crippen LogP contribution in [0.4, 0.5) is 5.69 Å². The Kier molecular flexibility index (Phi) is 14.5. The first-order valence-corrected chi connectivity index (χ1v) is 22.7. The summed E-state index contributed by atoms with van der Waals surface area (Å²) in [6.45, 7) is 6.97. The van der Waals surface area contributed by atoms with Crippen molar-refractivity contribution in [1.82, 2.24) is 4.90 Å². The SMILES string of the molecule is C=CCO[C@@]12Oc3ccc(Oc4cccc([N+](=O)[O-])c4)cc3[C@H]3[C@H](CCCCO)[C@@H](CCCCO)C=C(C(=NOCc4ccccc4)C[C@@H]1N(CCC)C(=O)c1ccc4c(c1)OCO4)[C@H]32. The van der Waals surface area contributed by atoms with E-state index in [1.807, 2.05) is 54.3 Å². The summed E-state index contributed by atoms with van der Waals surface area (Å²) < 4.78 is 32.2. The summed E-state index contributed by atoms with van der Waals surface area (Å²) in [6, 6.07) is 26.0. The number of unbranched alkanes of at least 4 members (excludes halogenated alkanes) is 2. The van der Waals surface area contributed by atoms with Crippen molar-refractivity contribution in [1.29, 1.82) is 0 Å². The molecule has 8 rings (SSSR count). The molecular formula is C51H57N3O11. The van der Waals surface area contributed by atoms with Gasteiger partial charge in [-0.25, -0.2) is 0 Å². The summed E-state index contributed by atoms with van der Waals surface area (Å²) in [5.41, 5.74) is 3.72. The van der Waals surface area contributed by atoms with Crippen LogP contribution in [-0.4, -0.2) is 76.6 Å². The zero-order valence-electron chi connectivity index (χ0n) is 36.7. The Bertz CT molecular complexity index is 2390. The zero-order valence-corrected chi connectivity index (χ0v) is 36.7. The molecule has 0 unspecified atom stereocenters. The van der Waals surface area contributed by atoms with Gasteiger partial charge in [-0.2, -0.15) is 0 Å². The molecule has 2 N–H and O–H groups in total. The second-order valence-electron chi connectivity index (χ2n) is 17.0. The molecule has 342 valence electrons. The number of benzene rings is 4.